The van der Waals surface area contributed by atoms with Crippen LogP contribution in [0.25, 0.3) is 0 Å². The standard InChI is InChI=1S/C24H26N6O3/c25-15-18-3-1-2-4-22(18)29-11-13-30(14-12-29)23(31)17-28-10-9-19(16-28)24(32)26-20-5-7-21(27-33)8-6-20/h1-8,19H,9-14,16-17H2,(H,26,32). The zero-order chi connectivity index (χ0) is 23.2. The van der Waals surface area contributed by atoms with E-state index in [0.29, 0.717) is 69.2 Å². The van der Waals surface area contributed by atoms with Crippen LogP contribution in [0.1, 0.15) is 12.0 Å². The van der Waals surface area contributed by atoms with Crippen molar-refractivity contribution in [3.63, 3.8) is 0 Å². The fourth-order valence-electron chi connectivity index (χ4n) is 4.37. The zero-order valence-corrected chi connectivity index (χ0v) is 18.3. The molecule has 0 spiro atoms. The van der Waals surface area contributed by atoms with Crippen molar-refractivity contribution >= 4 is 28.9 Å². The molecule has 1 unspecified atom stereocenters. The van der Waals surface area contributed by atoms with Crippen LogP contribution in [-0.4, -0.2) is 67.4 Å². The van der Waals surface area contributed by atoms with Gasteiger partial charge in [0.25, 0.3) is 0 Å². The number of amides is 2. The molecule has 2 aromatic rings. The number of anilines is 2. The predicted molar refractivity (Wildman–Crippen MR) is 125 cm³/mol. The number of benzene rings is 2. The van der Waals surface area contributed by atoms with Gasteiger partial charge in [-0.15, -0.1) is 4.91 Å². The summed E-state index contributed by atoms with van der Waals surface area (Å²) in [5.41, 5.74) is 2.50. The molecule has 33 heavy (non-hydrogen) atoms. The van der Waals surface area contributed by atoms with Crippen LogP contribution in [-0.2, 0) is 9.59 Å². The van der Waals surface area contributed by atoms with Gasteiger partial charge in [0.1, 0.15) is 11.8 Å². The molecule has 9 heteroatoms. The van der Waals surface area contributed by atoms with Gasteiger partial charge in [-0.2, -0.15) is 5.26 Å². The van der Waals surface area contributed by atoms with Gasteiger partial charge in [0, 0.05) is 38.4 Å². The van der Waals surface area contributed by atoms with E-state index in [9.17, 15) is 19.8 Å². The molecule has 9 nitrogen and oxygen atoms in total. The maximum absolute atomic E-state index is 12.8. The quantitative estimate of drug-likeness (QED) is 0.683. The van der Waals surface area contributed by atoms with E-state index in [1.165, 1.54) is 0 Å². The van der Waals surface area contributed by atoms with Crippen molar-refractivity contribution in [3.05, 3.63) is 59.0 Å². The molecule has 0 saturated carbocycles. The van der Waals surface area contributed by atoms with Crippen LogP contribution in [0.15, 0.2) is 53.7 Å². The van der Waals surface area contributed by atoms with Crippen molar-refractivity contribution < 1.29 is 9.59 Å². The Morgan fingerprint density at radius 2 is 1.76 bits per heavy atom. The summed E-state index contributed by atoms with van der Waals surface area (Å²) in [5.74, 6) is -0.191. The highest BCUT2D eigenvalue weighted by molar-refractivity contribution is 5.93. The number of hydrogen-bond acceptors (Lipinski definition) is 7. The van der Waals surface area contributed by atoms with Crippen LogP contribution < -0.4 is 10.2 Å². The van der Waals surface area contributed by atoms with E-state index in [0.717, 1.165) is 5.69 Å². The molecule has 2 amide bonds. The van der Waals surface area contributed by atoms with E-state index in [-0.39, 0.29) is 17.7 Å². The molecule has 2 aliphatic heterocycles. The van der Waals surface area contributed by atoms with E-state index in [1.54, 1.807) is 24.3 Å². The van der Waals surface area contributed by atoms with Crippen LogP contribution in [0.3, 0.4) is 0 Å². The largest absolute Gasteiger partial charge is 0.367 e. The lowest BCUT2D eigenvalue weighted by Crippen LogP contribution is -2.51. The minimum Gasteiger partial charge on any atom is -0.367 e. The molecular formula is C24H26N6O3. The van der Waals surface area contributed by atoms with E-state index in [1.807, 2.05) is 34.1 Å². The van der Waals surface area contributed by atoms with E-state index < -0.39 is 0 Å². The van der Waals surface area contributed by atoms with Crippen molar-refractivity contribution in [1.29, 1.82) is 5.26 Å². The monoisotopic (exact) mass is 446 g/mol. The van der Waals surface area contributed by atoms with Gasteiger partial charge in [-0.25, -0.2) is 0 Å². The molecular weight excluding hydrogens is 420 g/mol. The summed E-state index contributed by atoms with van der Waals surface area (Å²) < 4.78 is 0. The highest BCUT2D eigenvalue weighted by atomic mass is 16.3. The molecule has 0 radical (unpaired) electrons. The van der Waals surface area contributed by atoms with Gasteiger partial charge in [0.05, 0.1) is 23.7 Å². The van der Waals surface area contributed by atoms with E-state index >= 15 is 0 Å². The second-order valence-corrected chi connectivity index (χ2v) is 8.34. The molecule has 4 rings (SSSR count). The lowest BCUT2D eigenvalue weighted by Gasteiger charge is -2.37. The molecule has 0 bridgehead atoms. The molecule has 1 N–H and O–H groups in total. The molecule has 2 saturated heterocycles. The lowest BCUT2D eigenvalue weighted by atomic mass is 10.1. The summed E-state index contributed by atoms with van der Waals surface area (Å²) in [6, 6.07) is 16.2. The summed E-state index contributed by atoms with van der Waals surface area (Å²) >= 11 is 0. The maximum Gasteiger partial charge on any atom is 0.236 e. The summed E-state index contributed by atoms with van der Waals surface area (Å²) in [6.45, 7) is 4.15. The number of para-hydroxylation sites is 1. The number of piperazine rings is 1. The first-order chi connectivity index (χ1) is 16.1. The molecule has 170 valence electrons. The van der Waals surface area contributed by atoms with Crippen molar-refractivity contribution in [3.8, 4) is 6.07 Å². The van der Waals surface area contributed by atoms with Gasteiger partial charge in [-0.05, 0) is 54.5 Å². The van der Waals surface area contributed by atoms with Gasteiger partial charge in [-0.3, -0.25) is 14.5 Å². The number of nitrogens with one attached hydrogen (secondary N) is 1. The van der Waals surface area contributed by atoms with Crippen molar-refractivity contribution in [2.75, 3.05) is 56.0 Å². The maximum atomic E-state index is 12.8. The average molecular weight is 447 g/mol. The molecule has 2 aromatic carbocycles. The third kappa shape index (κ3) is 5.35. The third-order valence-electron chi connectivity index (χ3n) is 6.24. The Bertz CT molecular complexity index is 1060. The highest BCUT2D eigenvalue weighted by Gasteiger charge is 2.31. The van der Waals surface area contributed by atoms with Gasteiger partial charge in [-0.1, -0.05) is 12.1 Å². The molecule has 2 heterocycles. The summed E-state index contributed by atoms with van der Waals surface area (Å²) in [6.07, 6.45) is 0.700. The van der Waals surface area contributed by atoms with Crippen molar-refractivity contribution in [2.24, 2.45) is 11.1 Å². The summed E-state index contributed by atoms with van der Waals surface area (Å²) in [4.78, 5) is 42.0. The minimum atomic E-state index is -0.180. The number of hydrogen-bond donors (Lipinski definition) is 1. The summed E-state index contributed by atoms with van der Waals surface area (Å²) in [7, 11) is 0. The summed E-state index contributed by atoms with van der Waals surface area (Å²) in [5, 5.41) is 15.0. The number of carbonyl (C=O) groups excluding carboxylic acids is 2. The molecule has 1 atom stereocenters. The number of nitriles is 1. The average Bonchev–Trinajstić information content (AvgIpc) is 3.33. The molecule has 0 aliphatic carbocycles. The third-order valence-corrected chi connectivity index (χ3v) is 6.24. The van der Waals surface area contributed by atoms with Crippen molar-refractivity contribution in [1.82, 2.24) is 9.80 Å². The zero-order valence-electron chi connectivity index (χ0n) is 18.3. The Morgan fingerprint density at radius 3 is 2.45 bits per heavy atom. The van der Waals surface area contributed by atoms with E-state index in [2.05, 4.69) is 21.5 Å². The predicted octanol–water partition coefficient (Wildman–Crippen LogP) is 2.57. The van der Waals surface area contributed by atoms with Crippen LogP contribution in [0.4, 0.5) is 17.1 Å². The number of nitroso groups, excluding NO2 is 1. The Labute approximate surface area is 192 Å². The second kappa shape index (κ2) is 10.2. The fourth-order valence-corrected chi connectivity index (χ4v) is 4.37. The lowest BCUT2D eigenvalue weighted by molar-refractivity contribution is -0.132. The van der Waals surface area contributed by atoms with Gasteiger partial charge >= 0.3 is 0 Å². The Morgan fingerprint density at radius 1 is 1.03 bits per heavy atom. The Hall–Kier alpha value is -3.77. The van der Waals surface area contributed by atoms with Crippen LogP contribution in [0, 0.1) is 22.2 Å². The fraction of sp³-hybridized carbons (Fsp3) is 0.375. The van der Waals surface area contributed by atoms with Gasteiger partial charge < -0.3 is 15.1 Å². The molecule has 0 aromatic heterocycles. The Kier molecular flexibility index (Phi) is 6.95. The van der Waals surface area contributed by atoms with E-state index in [4.69, 9.17) is 0 Å². The number of carbonyl (C=O) groups is 2. The number of nitrogens with zero attached hydrogens (tertiary/aromatic N) is 5. The minimum absolute atomic E-state index is 0.0706. The first-order valence-electron chi connectivity index (χ1n) is 11.1. The number of rotatable bonds is 6. The molecule has 2 aliphatic rings. The second-order valence-electron chi connectivity index (χ2n) is 8.34. The van der Waals surface area contributed by atoms with Crippen LogP contribution >= 0.6 is 0 Å². The normalized spacial score (nSPS) is 18.6. The topological polar surface area (TPSA) is 109 Å². The van der Waals surface area contributed by atoms with Crippen LogP contribution in [0.5, 0.6) is 0 Å². The highest BCUT2D eigenvalue weighted by Crippen LogP contribution is 2.23. The number of likely N-dealkylation sites (tertiary alicyclic amines) is 1. The van der Waals surface area contributed by atoms with Gasteiger partial charge in [0.2, 0.25) is 11.8 Å². The first kappa shape index (κ1) is 22.4. The smallest absolute Gasteiger partial charge is 0.236 e. The molecule has 2 fully saturated rings. The van der Waals surface area contributed by atoms with Gasteiger partial charge in [0.15, 0.2) is 0 Å². The Balaban J connectivity index is 1.24. The van der Waals surface area contributed by atoms with Crippen LogP contribution in [0.2, 0.25) is 0 Å². The SMILES string of the molecule is N#Cc1ccccc1N1CCN(C(=O)CN2CCC(C(=O)Nc3ccc(N=O)cc3)C2)CC1. The first-order valence-corrected chi connectivity index (χ1v) is 11.1. The van der Waals surface area contributed by atoms with Crippen molar-refractivity contribution in [2.45, 2.75) is 6.42 Å².